The van der Waals surface area contributed by atoms with Gasteiger partial charge < -0.3 is 10.3 Å². The average Bonchev–Trinajstić information content (AvgIpc) is 2.77. The summed E-state index contributed by atoms with van der Waals surface area (Å²) in [6.45, 7) is 1.84. The summed E-state index contributed by atoms with van der Waals surface area (Å²) >= 11 is 3.13. The first-order chi connectivity index (χ1) is 9.22. The van der Waals surface area contributed by atoms with Crippen molar-refractivity contribution in [1.29, 1.82) is 0 Å². The molecule has 1 atom stereocenters. The maximum absolute atomic E-state index is 13.6. The minimum Gasteiger partial charge on any atom is -0.369 e. The van der Waals surface area contributed by atoms with Crippen LogP contribution in [0.15, 0.2) is 16.6 Å². The molecule has 5 nitrogen and oxygen atoms in total. The van der Waals surface area contributed by atoms with E-state index in [4.69, 9.17) is 5.73 Å². The molecule has 1 aromatic heterocycles. The molecule has 0 aliphatic carbocycles. The third-order valence-corrected chi connectivity index (χ3v) is 6.24. The fourth-order valence-electron chi connectivity index (χ4n) is 2.83. The summed E-state index contributed by atoms with van der Waals surface area (Å²) in [6.07, 6.45) is 0.472. The highest BCUT2D eigenvalue weighted by Gasteiger charge is 2.41. The van der Waals surface area contributed by atoms with Gasteiger partial charge in [0.25, 0.3) is 0 Å². The van der Waals surface area contributed by atoms with E-state index in [1.807, 2.05) is 6.92 Å². The second-order valence-electron chi connectivity index (χ2n) is 5.40. The van der Waals surface area contributed by atoms with Gasteiger partial charge >= 0.3 is 0 Å². The first kappa shape index (κ1) is 13.8. The molecule has 8 heteroatoms. The number of halogens is 2. The van der Waals surface area contributed by atoms with Crippen LogP contribution in [0.3, 0.4) is 0 Å². The molecule has 2 heterocycles. The third-order valence-electron chi connectivity index (χ3n) is 3.74. The number of fused-ring (bicyclic) bond motifs is 1. The lowest BCUT2D eigenvalue weighted by Gasteiger charge is -2.26. The molecule has 1 aliphatic heterocycles. The van der Waals surface area contributed by atoms with Crippen LogP contribution in [0.25, 0.3) is 11.0 Å². The van der Waals surface area contributed by atoms with E-state index in [9.17, 15) is 12.8 Å². The zero-order valence-corrected chi connectivity index (χ0v) is 13.1. The highest BCUT2D eigenvalue weighted by Crippen LogP contribution is 2.37. The van der Waals surface area contributed by atoms with Crippen molar-refractivity contribution < 1.29 is 12.8 Å². The number of anilines is 1. The number of nitrogens with two attached hydrogens (primary N) is 1. The Labute approximate surface area is 124 Å². The van der Waals surface area contributed by atoms with Crippen LogP contribution in [0.2, 0.25) is 0 Å². The van der Waals surface area contributed by atoms with Gasteiger partial charge in [-0.3, -0.25) is 0 Å². The summed E-state index contributed by atoms with van der Waals surface area (Å²) < 4.78 is 39.1. The second kappa shape index (κ2) is 4.17. The number of hydrogen-bond donors (Lipinski definition) is 1. The molecule has 0 bridgehead atoms. The Kier molecular flexibility index (Phi) is 2.88. The van der Waals surface area contributed by atoms with Crippen LogP contribution in [0.1, 0.15) is 13.3 Å². The van der Waals surface area contributed by atoms with Crippen LogP contribution >= 0.6 is 15.9 Å². The van der Waals surface area contributed by atoms with E-state index in [-0.39, 0.29) is 17.5 Å². The molecule has 1 aromatic carbocycles. The number of aromatic nitrogens is 2. The predicted molar refractivity (Wildman–Crippen MR) is 78.7 cm³/mol. The highest BCUT2D eigenvalue weighted by atomic mass is 79.9. The molecule has 0 amide bonds. The maximum atomic E-state index is 13.6. The number of benzene rings is 1. The molecular weight excluding hydrogens is 349 g/mol. The highest BCUT2D eigenvalue weighted by molar-refractivity contribution is 9.10. The molecule has 3 rings (SSSR count). The number of imidazole rings is 1. The Morgan fingerprint density at radius 3 is 2.80 bits per heavy atom. The Balaban J connectivity index is 2.27. The predicted octanol–water partition coefficient (Wildman–Crippen LogP) is 2.05. The average molecular weight is 362 g/mol. The van der Waals surface area contributed by atoms with Crippen molar-refractivity contribution in [2.45, 2.75) is 18.9 Å². The minimum atomic E-state index is -3.07. The summed E-state index contributed by atoms with van der Waals surface area (Å²) in [7, 11) is -3.07. The minimum absolute atomic E-state index is 0.0185. The van der Waals surface area contributed by atoms with Crippen LogP contribution < -0.4 is 5.73 Å². The number of nitrogen functional groups attached to an aromatic ring is 1. The van der Waals surface area contributed by atoms with Crippen LogP contribution in [0.5, 0.6) is 0 Å². The lowest BCUT2D eigenvalue weighted by molar-refractivity contribution is 0.381. The first-order valence-electron chi connectivity index (χ1n) is 6.06. The summed E-state index contributed by atoms with van der Waals surface area (Å²) in [4.78, 5) is 4.14. The van der Waals surface area contributed by atoms with Crippen molar-refractivity contribution in [3.05, 3.63) is 22.4 Å². The van der Waals surface area contributed by atoms with Crippen molar-refractivity contribution in [2.75, 3.05) is 17.2 Å². The Bertz CT molecular complexity index is 818. The van der Waals surface area contributed by atoms with Gasteiger partial charge in [0, 0.05) is 6.07 Å². The standard InChI is InChI=1S/C12H13BrFN3O2S/c1-12(2-3-20(18,19)6-12)17-10-4-7(13)8(14)5-9(10)16-11(17)15/h4-5H,2-3,6H2,1H3,(H2,15,16). The van der Waals surface area contributed by atoms with E-state index >= 15 is 0 Å². The zero-order chi connectivity index (χ0) is 14.7. The fourth-order valence-corrected chi connectivity index (χ4v) is 5.28. The molecule has 0 radical (unpaired) electrons. The van der Waals surface area contributed by atoms with Gasteiger partial charge in [0.2, 0.25) is 5.95 Å². The number of sulfone groups is 1. The van der Waals surface area contributed by atoms with Crippen molar-refractivity contribution in [3.8, 4) is 0 Å². The van der Waals surface area contributed by atoms with Gasteiger partial charge in [-0.05, 0) is 35.3 Å². The molecule has 2 aromatic rings. The fraction of sp³-hybridized carbons (Fsp3) is 0.417. The van der Waals surface area contributed by atoms with Gasteiger partial charge in [0.05, 0.1) is 32.6 Å². The van der Waals surface area contributed by atoms with E-state index in [0.29, 0.717) is 21.9 Å². The maximum Gasteiger partial charge on any atom is 0.201 e. The molecular formula is C12H13BrFN3O2S. The first-order valence-corrected chi connectivity index (χ1v) is 8.67. The van der Waals surface area contributed by atoms with Crippen molar-refractivity contribution in [3.63, 3.8) is 0 Å². The van der Waals surface area contributed by atoms with Crippen LogP contribution in [0.4, 0.5) is 10.3 Å². The molecule has 1 saturated heterocycles. The van der Waals surface area contributed by atoms with E-state index in [0.717, 1.165) is 0 Å². The van der Waals surface area contributed by atoms with Crippen LogP contribution in [-0.2, 0) is 15.4 Å². The molecule has 0 spiro atoms. The molecule has 0 saturated carbocycles. The van der Waals surface area contributed by atoms with Gasteiger partial charge in [-0.2, -0.15) is 0 Å². The Morgan fingerprint density at radius 1 is 1.50 bits per heavy atom. The smallest absolute Gasteiger partial charge is 0.201 e. The largest absolute Gasteiger partial charge is 0.369 e. The number of nitrogens with zero attached hydrogens (tertiary/aromatic N) is 2. The van der Waals surface area contributed by atoms with E-state index < -0.39 is 21.2 Å². The van der Waals surface area contributed by atoms with Gasteiger partial charge in [0.1, 0.15) is 5.82 Å². The molecule has 1 aliphatic rings. The monoisotopic (exact) mass is 361 g/mol. The molecule has 2 N–H and O–H groups in total. The summed E-state index contributed by atoms with van der Waals surface area (Å²) in [5.41, 5.74) is 6.34. The quantitative estimate of drug-likeness (QED) is 0.842. The summed E-state index contributed by atoms with van der Waals surface area (Å²) in [5.74, 6) is -0.0706. The second-order valence-corrected chi connectivity index (χ2v) is 8.44. The lowest BCUT2D eigenvalue weighted by atomic mass is 10.0. The van der Waals surface area contributed by atoms with Gasteiger partial charge in [-0.1, -0.05) is 0 Å². The van der Waals surface area contributed by atoms with Crippen LogP contribution in [0, 0.1) is 5.82 Å². The molecule has 1 fully saturated rings. The van der Waals surface area contributed by atoms with E-state index in [1.54, 1.807) is 10.6 Å². The van der Waals surface area contributed by atoms with Crippen LogP contribution in [-0.4, -0.2) is 29.5 Å². The topological polar surface area (TPSA) is 78.0 Å². The third kappa shape index (κ3) is 2.01. The van der Waals surface area contributed by atoms with Crippen molar-refractivity contribution >= 4 is 42.7 Å². The summed E-state index contributed by atoms with van der Waals surface area (Å²) in [5, 5.41) is 0. The zero-order valence-electron chi connectivity index (χ0n) is 10.7. The van der Waals surface area contributed by atoms with Gasteiger partial charge in [0.15, 0.2) is 9.84 Å². The van der Waals surface area contributed by atoms with Gasteiger partial charge in [-0.15, -0.1) is 0 Å². The molecule has 20 heavy (non-hydrogen) atoms. The Hall–Kier alpha value is -1.15. The molecule has 108 valence electrons. The van der Waals surface area contributed by atoms with E-state index in [1.165, 1.54) is 6.07 Å². The number of rotatable bonds is 1. The normalized spacial score (nSPS) is 25.4. The number of hydrogen-bond acceptors (Lipinski definition) is 4. The summed E-state index contributed by atoms with van der Waals surface area (Å²) in [6, 6.07) is 2.88. The van der Waals surface area contributed by atoms with E-state index in [2.05, 4.69) is 20.9 Å². The lowest BCUT2D eigenvalue weighted by Crippen LogP contribution is -2.32. The SMILES string of the molecule is CC1(n2c(N)nc3cc(F)c(Br)cc32)CCS(=O)(=O)C1. The Morgan fingerprint density at radius 2 is 2.20 bits per heavy atom. The van der Waals surface area contributed by atoms with Gasteiger partial charge in [-0.25, -0.2) is 17.8 Å². The van der Waals surface area contributed by atoms with Crippen molar-refractivity contribution in [1.82, 2.24) is 9.55 Å². The molecule has 1 unspecified atom stereocenters. The van der Waals surface area contributed by atoms with Crippen molar-refractivity contribution in [2.24, 2.45) is 0 Å².